The molecule has 9 nitrogen and oxygen atoms in total. The van der Waals surface area contributed by atoms with Gasteiger partial charge in [-0.2, -0.15) is 4.98 Å². The Kier molecular flexibility index (Phi) is 4.85. The summed E-state index contributed by atoms with van der Waals surface area (Å²) >= 11 is 0. The summed E-state index contributed by atoms with van der Waals surface area (Å²) in [6.45, 7) is 0.189. The van der Waals surface area contributed by atoms with Gasteiger partial charge in [0, 0.05) is 18.9 Å². The molecule has 1 aliphatic rings. The van der Waals surface area contributed by atoms with Crippen molar-refractivity contribution in [3.63, 3.8) is 0 Å². The van der Waals surface area contributed by atoms with Gasteiger partial charge in [-0.25, -0.2) is 13.4 Å². The number of nitrogens with zero attached hydrogens (tertiary/aromatic N) is 3. The summed E-state index contributed by atoms with van der Waals surface area (Å²) in [5.74, 6) is 2.38. The first-order chi connectivity index (χ1) is 13.9. The second-order valence-corrected chi connectivity index (χ2v) is 8.14. The standard InChI is InChI=1S/C19H19N5O4S/c1-24(15-7-4-8-16-18(15)28-12-27-16)17-9-10-20-19(22-17)21-13-5-3-6-14(11-13)23-29(2,25)26/h3-11,23H,12H2,1-2H3,(H,20,21,22). The zero-order valence-electron chi connectivity index (χ0n) is 15.8. The van der Waals surface area contributed by atoms with E-state index in [1.165, 1.54) is 0 Å². The van der Waals surface area contributed by atoms with Crippen LogP contribution in [0.2, 0.25) is 0 Å². The molecular formula is C19H19N5O4S. The zero-order valence-corrected chi connectivity index (χ0v) is 16.6. The molecule has 4 rings (SSSR count). The average molecular weight is 413 g/mol. The number of hydrogen-bond acceptors (Lipinski definition) is 8. The van der Waals surface area contributed by atoms with E-state index in [0.29, 0.717) is 34.6 Å². The van der Waals surface area contributed by atoms with Gasteiger partial charge >= 0.3 is 0 Å². The van der Waals surface area contributed by atoms with E-state index in [4.69, 9.17) is 9.47 Å². The number of rotatable bonds is 6. The predicted molar refractivity (Wildman–Crippen MR) is 111 cm³/mol. The first kappa shape index (κ1) is 18.8. The largest absolute Gasteiger partial charge is 0.454 e. The first-order valence-corrected chi connectivity index (χ1v) is 10.6. The van der Waals surface area contributed by atoms with Gasteiger partial charge in [-0.3, -0.25) is 4.72 Å². The average Bonchev–Trinajstić information content (AvgIpc) is 3.15. The second kappa shape index (κ2) is 7.47. The van der Waals surface area contributed by atoms with Crippen molar-refractivity contribution < 1.29 is 17.9 Å². The minimum atomic E-state index is -3.36. The van der Waals surface area contributed by atoms with Crippen LogP contribution in [0.4, 0.5) is 28.8 Å². The lowest BCUT2D eigenvalue weighted by Gasteiger charge is -2.20. The third-order valence-electron chi connectivity index (χ3n) is 4.14. The highest BCUT2D eigenvalue weighted by Crippen LogP contribution is 2.42. The minimum absolute atomic E-state index is 0.189. The van der Waals surface area contributed by atoms with Crippen molar-refractivity contribution in [3.8, 4) is 11.5 Å². The van der Waals surface area contributed by atoms with E-state index < -0.39 is 10.0 Å². The van der Waals surface area contributed by atoms with Gasteiger partial charge in [-0.05, 0) is 36.4 Å². The number of benzene rings is 2. The van der Waals surface area contributed by atoms with E-state index in [1.54, 1.807) is 36.5 Å². The Morgan fingerprint density at radius 1 is 1.07 bits per heavy atom. The molecule has 2 N–H and O–H groups in total. The van der Waals surface area contributed by atoms with E-state index >= 15 is 0 Å². The molecule has 150 valence electrons. The molecule has 1 aliphatic heterocycles. The summed E-state index contributed by atoms with van der Waals surface area (Å²) in [5.41, 5.74) is 1.92. The molecule has 2 aromatic carbocycles. The third kappa shape index (κ3) is 4.32. The number of sulfonamides is 1. The topological polar surface area (TPSA) is 106 Å². The maximum absolute atomic E-state index is 11.4. The van der Waals surface area contributed by atoms with Crippen LogP contribution in [0, 0.1) is 0 Å². The highest BCUT2D eigenvalue weighted by molar-refractivity contribution is 7.92. The Morgan fingerprint density at radius 3 is 2.69 bits per heavy atom. The maximum atomic E-state index is 11.4. The summed E-state index contributed by atoms with van der Waals surface area (Å²) in [6.07, 6.45) is 2.74. The molecular weight excluding hydrogens is 394 g/mol. The van der Waals surface area contributed by atoms with Crippen LogP contribution < -0.4 is 24.4 Å². The fraction of sp³-hybridized carbons (Fsp3) is 0.158. The Balaban J connectivity index is 1.57. The number of hydrogen-bond donors (Lipinski definition) is 2. The summed E-state index contributed by atoms with van der Waals surface area (Å²) in [6, 6.07) is 14.3. The Labute approximate surface area is 168 Å². The molecule has 0 spiro atoms. The normalized spacial score (nSPS) is 12.5. The maximum Gasteiger partial charge on any atom is 0.231 e. The lowest BCUT2D eigenvalue weighted by Crippen LogP contribution is -2.13. The van der Waals surface area contributed by atoms with Crippen molar-refractivity contribution in [2.24, 2.45) is 0 Å². The van der Waals surface area contributed by atoms with Gasteiger partial charge in [0.25, 0.3) is 0 Å². The van der Waals surface area contributed by atoms with Gasteiger partial charge < -0.3 is 19.7 Å². The van der Waals surface area contributed by atoms with Crippen LogP contribution in [0.1, 0.15) is 0 Å². The van der Waals surface area contributed by atoms with Crippen LogP contribution in [0.5, 0.6) is 11.5 Å². The molecule has 0 atom stereocenters. The zero-order chi connectivity index (χ0) is 20.4. The summed E-state index contributed by atoms with van der Waals surface area (Å²) < 4.78 is 36.3. The van der Waals surface area contributed by atoms with Crippen molar-refractivity contribution in [3.05, 3.63) is 54.7 Å². The molecule has 0 amide bonds. The van der Waals surface area contributed by atoms with E-state index in [-0.39, 0.29) is 6.79 Å². The number of ether oxygens (including phenoxy) is 2. The molecule has 0 saturated carbocycles. The molecule has 1 aromatic heterocycles. The monoisotopic (exact) mass is 413 g/mol. The first-order valence-electron chi connectivity index (χ1n) is 8.69. The van der Waals surface area contributed by atoms with Crippen LogP contribution in [-0.4, -0.2) is 38.5 Å². The Hall–Kier alpha value is -3.53. The smallest absolute Gasteiger partial charge is 0.231 e. The van der Waals surface area contributed by atoms with Gasteiger partial charge in [0.2, 0.25) is 22.8 Å². The van der Waals surface area contributed by atoms with E-state index in [2.05, 4.69) is 20.0 Å². The Bertz CT molecular complexity index is 1150. The molecule has 0 fully saturated rings. The third-order valence-corrected chi connectivity index (χ3v) is 4.75. The molecule has 0 unspecified atom stereocenters. The van der Waals surface area contributed by atoms with Crippen molar-refractivity contribution in [2.45, 2.75) is 0 Å². The molecule has 0 aliphatic carbocycles. The molecule has 0 bridgehead atoms. The molecule has 2 heterocycles. The van der Waals surface area contributed by atoms with Crippen LogP contribution in [0.25, 0.3) is 0 Å². The predicted octanol–water partition coefficient (Wildman–Crippen LogP) is 3.09. The highest BCUT2D eigenvalue weighted by atomic mass is 32.2. The number of fused-ring (bicyclic) bond motifs is 1. The van der Waals surface area contributed by atoms with Crippen LogP contribution >= 0.6 is 0 Å². The lowest BCUT2D eigenvalue weighted by atomic mass is 10.2. The number of aromatic nitrogens is 2. The van der Waals surface area contributed by atoms with E-state index in [9.17, 15) is 8.42 Å². The number of nitrogens with one attached hydrogen (secondary N) is 2. The number of para-hydroxylation sites is 1. The van der Waals surface area contributed by atoms with Gasteiger partial charge in [0.1, 0.15) is 5.82 Å². The van der Waals surface area contributed by atoms with Gasteiger partial charge in [-0.1, -0.05) is 12.1 Å². The van der Waals surface area contributed by atoms with Crippen LogP contribution in [-0.2, 0) is 10.0 Å². The highest BCUT2D eigenvalue weighted by Gasteiger charge is 2.21. The SMILES string of the molecule is CN(c1ccnc(Nc2cccc(NS(C)(=O)=O)c2)n1)c1cccc2c1OCO2. The van der Waals surface area contributed by atoms with Gasteiger partial charge in [0.05, 0.1) is 17.6 Å². The summed E-state index contributed by atoms with van der Waals surface area (Å²) in [4.78, 5) is 10.7. The van der Waals surface area contributed by atoms with Crippen molar-refractivity contribution in [1.82, 2.24) is 9.97 Å². The number of anilines is 5. The van der Waals surface area contributed by atoms with Crippen molar-refractivity contribution in [2.75, 3.05) is 35.0 Å². The Morgan fingerprint density at radius 2 is 1.86 bits per heavy atom. The van der Waals surface area contributed by atoms with E-state index in [0.717, 1.165) is 11.9 Å². The molecule has 0 saturated heterocycles. The quantitative estimate of drug-likeness (QED) is 0.635. The van der Waals surface area contributed by atoms with Crippen molar-refractivity contribution >= 4 is 38.9 Å². The van der Waals surface area contributed by atoms with E-state index in [1.807, 2.05) is 30.1 Å². The summed E-state index contributed by atoms with van der Waals surface area (Å²) in [5, 5.41) is 3.09. The van der Waals surface area contributed by atoms with Crippen molar-refractivity contribution in [1.29, 1.82) is 0 Å². The van der Waals surface area contributed by atoms with Crippen LogP contribution in [0.15, 0.2) is 54.7 Å². The van der Waals surface area contributed by atoms with Gasteiger partial charge in [-0.15, -0.1) is 0 Å². The minimum Gasteiger partial charge on any atom is -0.454 e. The fourth-order valence-electron chi connectivity index (χ4n) is 2.90. The molecule has 0 radical (unpaired) electrons. The molecule has 29 heavy (non-hydrogen) atoms. The van der Waals surface area contributed by atoms with Gasteiger partial charge in [0.15, 0.2) is 11.5 Å². The molecule has 3 aromatic rings. The van der Waals surface area contributed by atoms with Crippen LogP contribution in [0.3, 0.4) is 0 Å². The lowest BCUT2D eigenvalue weighted by molar-refractivity contribution is 0.174. The molecule has 10 heteroatoms. The fourth-order valence-corrected chi connectivity index (χ4v) is 3.46. The summed E-state index contributed by atoms with van der Waals surface area (Å²) in [7, 11) is -1.48. The second-order valence-electron chi connectivity index (χ2n) is 6.39.